The summed E-state index contributed by atoms with van der Waals surface area (Å²) in [4.78, 5) is 30.6. The number of rotatable bonds is 7. The van der Waals surface area contributed by atoms with Crippen molar-refractivity contribution in [2.24, 2.45) is 5.73 Å². The zero-order chi connectivity index (χ0) is 19.1. The number of aromatic nitrogens is 1. The largest absolute Gasteiger partial charge is 0.482 e. The second-order valence-electron chi connectivity index (χ2n) is 5.90. The predicted molar refractivity (Wildman–Crippen MR) is 109 cm³/mol. The minimum absolute atomic E-state index is 0. The highest BCUT2D eigenvalue weighted by atomic mass is 35.5. The number of carbonyl (C=O) groups excluding carboxylic acids is 2. The normalized spacial score (nSPS) is 13.5. The number of nitrogens with one attached hydrogen (secondary N) is 1. The van der Waals surface area contributed by atoms with Crippen molar-refractivity contribution in [3.63, 3.8) is 0 Å². The highest BCUT2D eigenvalue weighted by Crippen LogP contribution is 2.24. The highest BCUT2D eigenvalue weighted by Gasteiger charge is 2.18. The molecule has 1 aliphatic rings. The van der Waals surface area contributed by atoms with Crippen LogP contribution in [0.2, 0.25) is 0 Å². The lowest BCUT2D eigenvalue weighted by Gasteiger charge is -2.26. The average Bonchev–Trinajstić information content (AvgIpc) is 3.17. The first kappa shape index (κ1) is 22.1. The van der Waals surface area contributed by atoms with Gasteiger partial charge in [-0.2, -0.15) is 0 Å². The molecule has 0 unspecified atom stereocenters. The fourth-order valence-electron chi connectivity index (χ4n) is 2.58. The molecule has 0 radical (unpaired) electrons. The van der Waals surface area contributed by atoms with Crippen LogP contribution in [0.5, 0.6) is 5.75 Å². The predicted octanol–water partition coefficient (Wildman–Crippen LogP) is 1.56. The number of hydrogen-bond acceptors (Lipinski definition) is 7. The van der Waals surface area contributed by atoms with Crippen LogP contribution < -0.4 is 15.8 Å². The molecule has 2 amide bonds. The van der Waals surface area contributed by atoms with Crippen molar-refractivity contribution in [2.45, 2.75) is 6.42 Å². The van der Waals surface area contributed by atoms with Gasteiger partial charge >= 0.3 is 0 Å². The zero-order valence-electron chi connectivity index (χ0n) is 15.3. The van der Waals surface area contributed by atoms with E-state index in [9.17, 15) is 9.59 Å². The molecule has 0 aliphatic carbocycles. The van der Waals surface area contributed by atoms with Gasteiger partial charge in [-0.25, -0.2) is 4.98 Å². The molecule has 2 aromatic rings. The van der Waals surface area contributed by atoms with Gasteiger partial charge in [-0.05, 0) is 18.7 Å². The molecule has 1 saturated heterocycles. The Morgan fingerprint density at radius 3 is 2.79 bits per heavy atom. The number of morpholine rings is 1. The molecule has 10 heteroatoms. The zero-order valence-corrected chi connectivity index (χ0v) is 16.9. The number of nitrogens with zero attached hydrogens (tertiary/aromatic N) is 2. The van der Waals surface area contributed by atoms with Crippen LogP contribution in [0.3, 0.4) is 0 Å². The molecule has 1 aromatic carbocycles. The molecule has 0 bridgehead atoms. The summed E-state index contributed by atoms with van der Waals surface area (Å²) in [6.45, 7) is 2.61. The Hall–Kier alpha value is -2.20. The first-order valence-corrected chi connectivity index (χ1v) is 9.58. The summed E-state index contributed by atoms with van der Waals surface area (Å²) in [7, 11) is 0. The third-order valence-corrected chi connectivity index (χ3v) is 4.90. The van der Waals surface area contributed by atoms with Gasteiger partial charge in [0, 0.05) is 24.9 Å². The van der Waals surface area contributed by atoms with E-state index in [1.54, 1.807) is 34.5 Å². The molecule has 28 heavy (non-hydrogen) atoms. The van der Waals surface area contributed by atoms with Gasteiger partial charge in [-0.15, -0.1) is 23.7 Å². The number of ether oxygens (including phenoxy) is 2. The van der Waals surface area contributed by atoms with Crippen LogP contribution in [-0.4, -0.2) is 61.2 Å². The van der Waals surface area contributed by atoms with Gasteiger partial charge in [0.1, 0.15) is 11.4 Å². The lowest BCUT2D eigenvalue weighted by molar-refractivity contribution is -0.137. The van der Waals surface area contributed by atoms with E-state index >= 15 is 0 Å². The summed E-state index contributed by atoms with van der Waals surface area (Å²) in [5, 5.41) is 5.31. The van der Waals surface area contributed by atoms with Gasteiger partial charge < -0.3 is 25.4 Å². The monoisotopic (exact) mass is 426 g/mol. The number of halogens is 1. The molecular weight excluding hydrogens is 404 g/mol. The summed E-state index contributed by atoms with van der Waals surface area (Å²) in [6.07, 6.45) is 0.640. The first-order chi connectivity index (χ1) is 13.2. The van der Waals surface area contributed by atoms with E-state index in [1.165, 1.54) is 11.3 Å². The van der Waals surface area contributed by atoms with E-state index in [-0.39, 0.29) is 30.8 Å². The van der Waals surface area contributed by atoms with Gasteiger partial charge in [-0.3, -0.25) is 9.59 Å². The van der Waals surface area contributed by atoms with Gasteiger partial charge in [0.25, 0.3) is 11.8 Å². The maximum Gasteiger partial charge on any atom is 0.275 e. The van der Waals surface area contributed by atoms with Crippen molar-refractivity contribution in [2.75, 3.05) is 44.8 Å². The molecule has 3 rings (SSSR count). The Morgan fingerprint density at radius 2 is 2.04 bits per heavy atom. The molecular formula is C18H23ClN4O4S. The van der Waals surface area contributed by atoms with Crippen LogP contribution in [-0.2, 0) is 16.0 Å². The SMILES string of the molecule is Cl.NCCc1nc(C(=O)Nc2ccccc2OCC(=O)N2CCOCC2)cs1. The molecule has 1 fully saturated rings. The van der Waals surface area contributed by atoms with E-state index in [4.69, 9.17) is 15.2 Å². The Morgan fingerprint density at radius 1 is 1.29 bits per heavy atom. The molecule has 3 N–H and O–H groups in total. The van der Waals surface area contributed by atoms with Crippen molar-refractivity contribution in [1.29, 1.82) is 0 Å². The summed E-state index contributed by atoms with van der Waals surface area (Å²) in [6, 6.07) is 7.00. The van der Waals surface area contributed by atoms with Crippen LogP contribution in [0.1, 0.15) is 15.5 Å². The van der Waals surface area contributed by atoms with Gasteiger partial charge in [0.15, 0.2) is 6.61 Å². The highest BCUT2D eigenvalue weighted by molar-refractivity contribution is 7.09. The number of thiazole rings is 1. The van der Waals surface area contributed by atoms with Crippen LogP contribution >= 0.6 is 23.7 Å². The Kier molecular flexibility index (Phi) is 8.65. The second-order valence-corrected chi connectivity index (χ2v) is 6.84. The number of carbonyl (C=O) groups is 2. The fourth-order valence-corrected chi connectivity index (χ4v) is 3.37. The summed E-state index contributed by atoms with van der Waals surface area (Å²) >= 11 is 1.40. The van der Waals surface area contributed by atoms with Crippen molar-refractivity contribution in [3.05, 3.63) is 40.3 Å². The number of benzene rings is 1. The molecule has 1 aliphatic heterocycles. The lowest BCUT2D eigenvalue weighted by Crippen LogP contribution is -2.43. The number of para-hydroxylation sites is 2. The minimum Gasteiger partial charge on any atom is -0.482 e. The maximum atomic E-state index is 12.4. The summed E-state index contributed by atoms with van der Waals surface area (Å²) < 4.78 is 10.9. The molecule has 0 saturated carbocycles. The molecule has 2 heterocycles. The van der Waals surface area contributed by atoms with E-state index in [1.807, 2.05) is 0 Å². The first-order valence-electron chi connectivity index (χ1n) is 8.70. The summed E-state index contributed by atoms with van der Waals surface area (Å²) in [5.41, 5.74) is 6.34. The van der Waals surface area contributed by atoms with Crippen molar-refractivity contribution < 1.29 is 19.1 Å². The van der Waals surface area contributed by atoms with E-state index < -0.39 is 0 Å². The standard InChI is InChI=1S/C18H22N4O4S.ClH/c19-6-5-16-20-14(12-27-16)18(24)21-13-3-1-2-4-15(13)26-11-17(23)22-7-9-25-10-8-22;/h1-4,12H,5-11,19H2,(H,21,24);1H. The van der Waals surface area contributed by atoms with Crippen LogP contribution in [0.25, 0.3) is 0 Å². The van der Waals surface area contributed by atoms with Crippen molar-refractivity contribution >= 4 is 41.2 Å². The molecule has 152 valence electrons. The molecule has 8 nitrogen and oxygen atoms in total. The average molecular weight is 427 g/mol. The quantitative estimate of drug-likeness (QED) is 0.695. The topological polar surface area (TPSA) is 107 Å². The lowest BCUT2D eigenvalue weighted by atomic mass is 10.3. The second kappa shape index (κ2) is 11.0. The third-order valence-electron chi connectivity index (χ3n) is 3.99. The summed E-state index contributed by atoms with van der Waals surface area (Å²) in [5.74, 6) is 0.000283. The number of anilines is 1. The van der Waals surface area contributed by atoms with Gasteiger partial charge in [-0.1, -0.05) is 12.1 Å². The van der Waals surface area contributed by atoms with Crippen molar-refractivity contribution in [3.8, 4) is 5.75 Å². The van der Waals surface area contributed by atoms with E-state index in [0.717, 1.165) is 5.01 Å². The number of hydrogen-bond donors (Lipinski definition) is 2. The van der Waals surface area contributed by atoms with Crippen LogP contribution in [0.4, 0.5) is 5.69 Å². The number of amides is 2. The van der Waals surface area contributed by atoms with Crippen molar-refractivity contribution in [1.82, 2.24) is 9.88 Å². The minimum atomic E-state index is -0.329. The van der Waals surface area contributed by atoms with E-state index in [2.05, 4.69) is 10.3 Å². The Bertz CT molecular complexity index is 795. The number of nitrogens with two attached hydrogens (primary N) is 1. The van der Waals surface area contributed by atoms with Crippen LogP contribution in [0.15, 0.2) is 29.6 Å². The fraction of sp³-hybridized carbons (Fsp3) is 0.389. The Balaban J connectivity index is 0.00000280. The molecule has 0 spiro atoms. The van der Waals surface area contributed by atoms with Gasteiger partial charge in [0.05, 0.1) is 23.9 Å². The van der Waals surface area contributed by atoms with Gasteiger partial charge in [0.2, 0.25) is 0 Å². The molecule has 1 aromatic heterocycles. The van der Waals surface area contributed by atoms with Crippen LogP contribution in [0, 0.1) is 0 Å². The third kappa shape index (κ3) is 5.90. The molecule has 0 atom stereocenters. The Labute approximate surface area is 173 Å². The maximum absolute atomic E-state index is 12.4. The smallest absolute Gasteiger partial charge is 0.275 e. The van der Waals surface area contributed by atoms with E-state index in [0.29, 0.717) is 56.4 Å².